The van der Waals surface area contributed by atoms with E-state index in [0.717, 1.165) is 18.6 Å². The van der Waals surface area contributed by atoms with Crippen molar-refractivity contribution in [3.05, 3.63) is 29.3 Å². The molecule has 3 heteroatoms. The lowest BCUT2D eigenvalue weighted by atomic mass is 9.90. The largest absolute Gasteiger partial charge is 0.496 e. The summed E-state index contributed by atoms with van der Waals surface area (Å²) in [6.07, 6.45) is 1.98. The molecular weight excluding hydrogens is 240 g/mol. The Morgan fingerprint density at radius 3 is 2.79 bits per heavy atom. The lowest BCUT2D eigenvalue weighted by Crippen LogP contribution is -2.07. The lowest BCUT2D eigenvalue weighted by Gasteiger charge is -2.18. The number of aryl methyl sites for hydroxylation is 1. The fraction of sp³-hybridized carbons (Fsp3) is 0.562. The molecule has 0 spiro atoms. The van der Waals surface area contributed by atoms with E-state index < -0.39 is 0 Å². The molecule has 1 fully saturated rings. The first-order chi connectivity index (χ1) is 9.08. The monoisotopic (exact) mass is 262 g/mol. The van der Waals surface area contributed by atoms with E-state index in [-0.39, 0.29) is 11.9 Å². The second kappa shape index (κ2) is 5.64. The van der Waals surface area contributed by atoms with Crippen LogP contribution in [0.5, 0.6) is 5.75 Å². The van der Waals surface area contributed by atoms with Crippen molar-refractivity contribution in [3.63, 3.8) is 0 Å². The minimum Gasteiger partial charge on any atom is -0.496 e. The average molecular weight is 262 g/mol. The first-order valence-electron chi connectivity index (χ1n) is 6.79. The molecule has 3 nitrogen and oxygen atoms in total. The summed E-state index contributed by atoms with van der Waals surface area (Å²) >= 11 is 0. The van der Waals surface area contributed by atoms with Gasteiger partial charge in [0.15, 0.2) is 0 Å². The number of rotatable bonds is 5. The maximum Gasteiger partial charge on any atom is 0.308 e. The summed E-state index contributed by atoms with van der Waals surface area (Å²) in [5, 5.41) is 0. The third-order valence-electron chi connectivity index (χ3n) is 4.08. The number of carbonyl (C=O) groups is 1. The van der Waals surface area contributed by atoms with Crippen molar-refractivity contribution in [2.75, 3.05) is 14.2 Å². The fourth-order valence-electron chi connectivity index (χ4n) is 2.98. The van der Waals surface area contributed by atoms with Gasteiger partial charge >= 0.3 is 5.97 Å². The summed E-state index contributed by atoms with van der Waals surface area (Å²) in [5.74, 6) is 1.86. The standard InChI is InChI=1S/C16H22O3/c1-10-6-5-7-14(18-3)15(10)11(2)8-12-9-13(12)16(17)19-4/h5-7,11-13H,8-9H2,1-4H3. The Kier molecular flexibility index (Phi) is 4.13. The van der Waals surface area contributed by atoms with Crippen LogP contribution in [0.3, 0.4) is 0 Å². The molecule has 0 bridgehead atoms. The highest BCUT2D eigenvalue weighted by atomic mass is 16.5. The average Bonchev–Trinajstić information content (AvgIpc) is 3.16. The summed E-state index contributed by atoms with van der Waals surface area (Å²) in [5.41, 5.74) is 2.52. The molecule has 0 aliphatic heterocycles. The van der Waals surface area contributed by atoms with E-state index in [0.29, 0.717) is 11.8 Å². The van der Waals surface area contributed by atoms with Gasteiger partial charge in [-0.2, -0.15) is 0 Å². The van der Waals surface area contributed by atoms with Crippen LogP contribution >= 0.6 is 0 Å². The van der Waals surface area contributed by atoms with E-state index in [1.54, 1.807) is 7.11 Å². The molecule has 104 valence electrons. The molecule has 0 N–H and O–H groups in total. The molecule has 1 aromatic rings. The van der Waals surface area contributed by atoms with Gasteiger partial charge in [-0.3, -0.25) is 4.79 Å². The predicted octanol–water partition coefficient (Wildman–Crippen LogP) is 3.31. The Hall–Kier alpha value is -1.51. The first-order valence-corrected chi connectivity index (χ1v) is 6.79. The van der Waals surface area contributed by atoms with E-state index in [2.05, 4.69) is 19.9 Å². The number of benzene rings is 1. The quantitative estimate of drug-likeness (QED) is 0.764. The third kappa shape index (κ3) is 2.91. The molecule has 0 saturated heterocycles. The van der Waals surface area contributed by atoms with E-state index >= 15 is 0 Å². The SMILES string of the molecule is COC(=O)C1CC1CC(C)c1c(C)cccc1OC. The molecule has 3 unspecified atom stereocenters. The zero-order chi connectivity index (χ0) is 14.0. The Morgan fingerprint density at radius 1 is 1.42 bits per heavy atom. The molecule has 1 saturated carbocycles. The van der Waals surface area contributed by atoms with Gasteiger partial charge in [-0.05, 0) is 48.8 Å². The summed E-state index contributed by atoms with van der Waals surface area (Å²) in [6, 6.07) is 6.13. The molecule has 0 aromatic heterocycles. The Bertz CT molecular complexity index is 467. The molecule has 1 aromatic carbocycles. The van der Waals surface area contributed by atoms with E-state index in [1.807, 2.05) is 12.1 Å². The van der Waals surface area contributed by atoms with Crippen LogP contribution in [-0.2, 0) is 9.53 Å². The smallest absolute Gasteiger partial charge is 0.308 e. The molecule has 1 aliphatic rings. The van der Waals surface area contributed by atoms with Crippen molar-refractivity contribution in [1.29, 1.82) is 0 Å². The second-order valence-electron chi connectivity index (χ2n) is 5.45. The minimum atomic E-state index is -0.0612. The molecule has 19 heavy (non-hydrogen) atoms. The summed E-state index contributed by atoms with van der Waals surface area (Å²) in [6.45, 7) is 4.32. The van der Waals surface area contributed by atoms with Crippen molar-refractivity contribution in [2.24, 2.45) is 11.8 Å². The molecule has 2 rings (SSSR count). The number of carbonyl (C=O) groups excluding carboxylic acids is 1. The van der Waals surface area contributed by atoms with Crippen LogP contribution < -0.4 is 4.74 Å². The maximum atomic E-state index is 11.4. The van der Waals surface area contributed by atoms with Gasteiger partial charge < -0.3 is 9.47 Å². The minimum absolute atomic E-state index is 0.0612. The van der Waals surface area contributed by atoms with Crippen LogP contribution in [0, 0.1) is 18.8 Å². The summed E-state index contributed by atoms with van der Waals surface area (Å²) in [4.78, 5) is 11.4. The Labute approximate surface area is 114 Å². The molecule has 1 aliphatic carbocycles. The lowest BCUT2D eigenvalue weighted by molar-refractivity contribution is -0.142. The number of ether oxygens (including phenoxy) is 2. The highest BCUT2D eigenvalue weighted by Crippen LogP contribution is 2.47. The van der Waals surface area contributed by atoms with Crippen LogP contribution in [0.25, 0.3) is 0 Å². The molecule has 0 radical (unpaired) electrons. The normalized spacial score (nSPS) is 22.7. The van der Waals surface area contributed by atoms with Crippen molar-refractivity contribution >= 4 is 5.97 Å². The highest BCUT2D eigenvalue weighted by molar-refractivity contribution is 5.75. The molecule has 3 atom stereocenters. The summed E-state index contributed by atoms with van der Waals surface area (Å²) in [7, 11) is 3.17. The topological polar surface area (TPSA) is 35.5 Å². The van der Waals surface area contributed by atoms with Crippen LogP contribution in [-0.4, -0.2) is 20.2 Å². The first kappa shape index (κ1) is 13.9. The zero-order valence-corrected chi connectivity index (χ0v) is 12.1. The van der Waals surface area contributed by atoms with Crippen LogP contribution in [0.2, 0.25) is 0 Å². The third-order valence-corrected chi connectivity index (χ3v) is 4.08. The van der Waals surface area contributed by atoms with E-state index in [1.165, 1.54) is 18.2 Å². The van der Waals surface area contributed by atoms with Crippen molar-refractivity contribution in [2.45, 2.75) is 32.6 Å². The Balaban J connectivity index is 2.05. The predicted molar refractivity (Wildman–Crippen MR) is 74.4 cm³/mol. The van der Waals surface area contributed by atoms with Gasteiger partial charge in [0.25, 0.3) is 0 Å². The summed E-state index contributed by atoms with van der Waals surface area (Å²) < 4.78 is 10.2. The van der Waals surface area contributed by atoms with Gasteiger partial charge in [0, 0.05) is 0 Å². The molecule has 0 heterocycles. The number of hydrogen-bond donors (Lipinski definition) is 0. The van der Waals surface area contributed by atoms with Crippen molar-refractivity contribution < 1.29 is 14.3 Å². The van der Waals surface area contributed by atoms with Gasteiger partial charge in [0.1, 0.15) is 5.75 Å². The number of methoxy groups -OCH3 is 2. The maximum absolute atomic E-state index is 11.4. The van der Waals surface area contributed by atoms with Crippen molar-refractivity contribution in [3.8, 4) is 5.75 Å². The fourth-order valence-corrected chi connectivity index (χ4v) is 2.98. The van der Waals surface area contributed by atoms with Gasteiger partial charge in [0.2, 0.25) is 0 Å². The highest BCUT2D eigenvalue weighted by Gasteiger charge is 2.44. The van der Waals surface area contributed by atoms with Crippen LogP contribution in [0.15, 0.2) is 18.2 Å². The van der Waals surface area contributed by atoms with E-state index in [4.69, 9.17) is 9.47 Å². The van der Waals surface area contributed by atoms with Crippen molar-refractivity contribution in [1.82, 2.24) is 0 Å². The van der Waals surface area contributed by atoms with Gasteiger partial charge in [-0.25, -0.2) is 0 Å². The zero-order valence-electron chi connectivity index (χ0n) is 12.1. The Morgan fingerprint density at radius 2 is 2.16 bits per heavy atom. The molecular formula is C16H22O3. The van der Waals surface area contributed by atoms with Crippen LogP contribution in [0.1, 0.15) is 36.8 Å². The van der Waals surface area contributed by atoms with Crippen LogP contribution in [0.4, 0.5) is 0 Å². The van der Waals surface area contributed by atoms with Gasteiger partial charge in [0.05, 0.1) is 20.1 Å². The molecule has 0 amide bonds. The van der Waals surface area contributed by atoms with Gasteiger partial charge in [-0.15, -0.1) is 0 Å². The van der Waals surface area contributed by atoms with Gasteiger partial charge in [-0.1, -0.05) is 19.1 Å². The number of esters is 1. The second-order valence-corrected chi connectivity index (χ2v) is 5.45. The van der Waals surface area contributed by atoms with E-state index in [9.17, 15) is 4.79 Å². The number of hydrogen-bond acceptors (Lipinski definition) is 3.